The fourth-order valence-electron chi connectivity index (χ4n) is 5.82. The molecule has 0 radical (unpaired) electrons. The SMILES string of the molecule is C.C.C.C=CC(=O)OCOc1ccc(C2CC2C(C)=O)cc1.Cc1cc2c3cc(C)c(C)cc3c3cc(C)c(C)cc3c2cc1C. The molecule has 4 heteroatoms. The van der Waals surface area contributed by atoms with E-state index in [1.54, 1.807) is 6.92 Å². The van der Waals surface area contributed by atoms with E-state index in [2.05, 4.69) is 84.5 Å². The lowest BCUT2D eigenvalue weighted by Crippen LogP contribution is -2.07. The molecular weight excluding hydrogens is 568 g/mol. The number of hydrogen-bond donors (Lipinski definition) is 0. The van der Waals surface area contributed by atoms with Crippen molar-refractivity contribution in [2.75, 3.05) is 6.79 Å². The fourth-order valence-corrected chi connectivity index (χ4v) is 5.82. The third-order valence-electron chi connectivity index (χ3n) is 8.99. The standard InChI is InChI=1S/C24H24.C15H16O4.3CH4/c1-13-7-19-20(8-14(13)2)22-10-16(4)18(6)12-24(22)23-11-17(5)15(3)9-21(19)23;1-3-15(17)19-9-18-12-6-4-11(5-7-12)14-8-13(14)10(2)16;;;/h7-12H,1-6H3;3-7,13-14H,1,8-9H2,2H3;3*1H4. The minimum absolute atomic E-state index is 0. The first kappa shape index (κ1) is 37.7. The number of ether oxygens (including phenoxy) is 2. The zero-order valence-electron chi connectivity index (χ0n) is 26.3. The van der Waals surface area contributed by atoms with Crippen LogP contribution in [0.4, 0.5) is 0 Å². The molecule has 2 unspecified atom stereocenters. The van der Waals surface area contributed by atoms with Gasteiger partial charge in [-0.05, 0) is 144 Å². The average molecular weight is 621 g/mol. The average Bonchev–Trinajstić information content (AvgIpc) is 3.78. The summed E-state index contributed by atoms with van der Waals surface area (Å²) in [5.74, 6) is 0.895. The molecule has 0 aliphatic heterocycles. The second kappa shape index (κ2) is 15.2. The van der Waals surface area contributed by atoms with Crippen LogP contribution in [0.1, 0.15) is 80.5 Å². The number of fused-ring (bicyclic) bond motifs is 6. The van der Waals surface area contributed by atoms with Crippen molar-refractivity contribution in [2.24, 2.45) is 5.92 Å². The number of carbonyl (C=O) groups is 2. The molecule has 4 nitrogen and oxygen atoms in total. The second-order valence-electron chi connectivity index (χ2n) is 12.0. The number of carbonyl (C=O) groups excluding carboxylic acids is 2. The van der Waals surface area contributed by atoms with E-state index < -0.39 is 5.97 Å². The highest BCUT2D eigenvalue weighted by atomic mass is 16.7. The predicted octanol–water partition coefficient (Wildman–Crippen LogP) is 11.3. The number of Topliss-reactive ketones (excluding diaryl/α,β-unsaturated/α-hetero) is 1. The van der Waals surface area contributed by atoms with Crippen molar-refractivity contribution in [3.63, 3.8) is 0 Å². The lowest BCUT2D eigenvalue weighted by molar-refractivity contribution is -0.144. The third-order valence-corrected chi connectivity index (χ3v) is 8.99. The van der Waals surface area contributed by atoms with Gasteiger partial charge < -0.3 is 9.47 Å². The van der Waals surface area contributed by atoms with Crippen LogP contribution in [-0.4, -0.2) is 18.5 Å². The van der Waals surface area contributed by atoms with Crippen LogP contribution < -0.4 is 4.74 Å². The van der Waals surface area contributed by atoms with Crippen LogP contribution in [0.3, 0.4) is 0 Å². The Morgan fingerprint density at radius 3 is 1.30 bits per heavy atom. The Morgan fingerprint density at radius 2 is 1.02 bits per heavy atom. The summed E-state index contributed by atoms with van der Waals surface area (Å²) < 4.78 is 9.96. The highest BCUT2D eigenvalue weighted by Crippen LogP contribution is 2.48. The van der Waals surface area contributed by atoms with Crippen LogP contribution in [-0.2, 0) is 14.3 Å². The summed E-state index contributed by atoms with van der Waals surface area (Å²) in [7, 11) is 0. The predicted molar refractivity (Wildman–Crippen MR) is 197 cm³/mol. The normalized spacial score (nSPS) is 14.6. The molecule has 0 saturated heterocycles. The monoisotopic (exact) mass is 620 g/mol. The highest BCUT2D eigenvalue weighted by Gasteiger charge is 2.41. The van der Waals surface area contributed by atoms with Gasteiger partial charge in [0.2, 0.25) is 6.79 Å². The minimum Gasteiger partial charge on any atom is -0.457 e. The highest BCUT2D eigenvalue weighted by molar-refractivity contribution is 6.26. The summed E-state index contributed by atoms with van der Waals surface area (Å²) in [6.07, 6.45) is 2.02. The van der Waals surface area contributed by atoms with Crippen molar-refractivity contribution in [3.05, 3.63) is 112 Å². The van der Waals surface area contributed by atoms with Gasteiger partial charge in [-0.25, -0.2) is 4.79 Å². The summed E-state index contributed by atoms with van der Waals surface area (Å²) in [4.78, 5) is 22.0. The lowest BCUT2D eigenvalue weighted by atomic mass is 9.88. The Morgan fingerprint density at radius 1 is 0.674 bits per heavy atom. The van der Waals surface area contributed by atoms with Gasteiger partial charge in [0.15, 0.2) is 0 Å². The quantitative estimate of drug-likeness (QED) is 0.0820. The Hall–Kier alpha value is -4.44. The van der Waals surface area contributed by atoms with Gasteiger partial charge in [-0.2, -0.15) is 0 Å². The van der Waals surface area contributed by atoms with E-state index in [4.69, 9.17) is 9.47 Å². The Bertz CT molecular complexity index is 1630. The maximum Gasteiger partial charge on any atom is 0.333 e. The minimum atomic E-state index is -0.515. The summed E-state index contributed by atoms with van der Waals surface area (Å²) in [6, 6.07) is 21.7. The molecule has 0 N–H and O–H groups in total. The molecule has 0 bridgehead atoms. The summed E-state index contributed by atoms with van der Waals surface area (Å²) in [5, 5.41) is 8.29. The molecule has 0 heterocycles. The number of aryl methyl sites for hydroxylation is 6. The first-order valence-electron chi connectivity index (χ1n) is 14.9. The van der Waals surface area contributed by atoms with Crippen molar-refractivity contribution in [3.8, 4) is 5.75 Å². The van der Waals surface area contributed by atoms with Crippen LogP contribution in [0, 0.1) is 47.5 Å². The van der Waals surface area contributed by atoms with Gasteiger partial charge in [-0.1, -0.05) is 77.4 Å². The molecule has 5 aromatic carbocycles. The fraction of sp³-hybridized carbons (Fsp3) is 0.333. The van der Waals surface area contributed by atoms with Gasteiger partial charge >= 0.3 is 5.97 Å². The number of ketones is 1. The number of rotatable bonds is 6. The van der Waals surface area contributed by atoms with E-state index >= 15 is 0 Å². The van der Waals surface area contributed by atoms with E-state index in [-0.39, 0.29) is 40.8 Å². The second-order valence-corrected chi connectivity index (χ2v) is 12.0. The molecule has 0 amide bonds. The summed E-state index contributed by atoms with van der Waals surface area (Å²) >= 11 is 0. The van der Waals surface area contributed by atoms with Crippen LogP contribution in [0.25, 0.3) is 32.3 Å². The Kier molecular flexibility index (Phi) is 12.5. The van der Waals surface area contributed by atoms with Crippen molar-refractivity contribution >= 4 is 44.1 Å². The molecule has 0 spiro atoms. The molecule has 1 aliphatic rings. The largest absolute Gasteiger partial charge is 0.457 e. The zero-order chi connectivity index (χ0) is 31.0. The molecule has 1 aliphatic carbocycles. The lowest BCUT2D eigenvalue weighted by Gasteiger charge is -2.16. The van der Waals surface area contributed by atoms with E-state index in [1.165, 1.54) is 65.7 Å². The van der Waals surface area contributed by atoms with E-state index in [9.17, 15) is 9.59 Å². The molecule has 1 saturated carbocycles. The van der Waals surface area contributed by atoms with Gasteiger partial charge in [-0.15, -0.1) is 0 Å². The van der Waals surface area contributed by atoms with E-state index in [0.717, 1.165) is 18.1 Å². The van der Waals surface area contributed by atoms with Crippen LogP contribution in [0.15, 0.2) is 73.3 Å². The van der Waals surface area contributed by atoms with E-state index in [0.29, 0.717) is 11.7 Å². The number of esters is 1. The summed E-state index contributed by atoms with van der Waals surface area (Å²) in [6.45, 7) is 18.1. The van der Waals surface area contributed by atoms with Crippen LogP contribution >= 0.6 is 0 Å². The Labute approximate surface area is 276 Å². The van der Waals surface area contributed by atoms with Crippen LogP contribution in [0.2, 0.25) is 0 Å². The molecular formula is C42H52O4. The maximum atomic E-state index is 11.2. The van der Waals surface area contributed by atoms with Gasteiger partial charge in [0.1, 0.15) is 11.5 Å². The van der Waals surface area contributed by atoms with Crippen molar-refractivity contribution in [1.82, 2.24) is 0 Å². The molecule has 46 heavy (non-hydrogen) atoms. The van der Waals surface area contributed by atoms with Gasteiger partial charge in [0.05, 0.1) is 0 Å². The molecule has 0 aromatic heterocycles. The molecule has 1 fully saturated rings. The zero-order valence-corrected chi connectivity index (χ0v) is 26.3. The van der Waals surface area contributed by atoms with Crippen molar-refractivity contribution in [1.29, 1.82) is 0 Å². The smallest absolute Gasteiger partial charge is 0.333 e. The van der Waals surface area contributed by atoms with Crippen LogP contribution in [0.5, 0.6) is 5.75 Å². The number of benzene rings is 5. The maximum absolute atomic E-state index is 11.2. The van der Waals surface area contributed by atoms with Gasteiger partial charge in [0, 0.05) is 12.0 Å². The summed E-state index contributed by atoms with van der Waals surface area (Å²) in [5.41, 5.74) is 9.34. The van der Waals surface area contributed by atoms with E-state index in [1.807, 2.05) is 24.3 Å². The molecule has 2 atom stereocenters. The number of hydrogen-bond acceptors (Lipinski definition) is 4. The first-order chi connectivity index (χ1) is 20.5. The van der Waals surface area contributed by atoms with Gasteiger partial charge in [-0.3, -0.25) is 4.79 Å². The first-order valence-corrected chi connectivity index (χ1v) is 14.9. The van der Waals surface area contributed by atoms with Crippen molar-refractivity contribution < 1.29 is 19.1 Å². The van der Waals surface area contributed by atoms with Gasteiger partial charge in [0.25, 0.3) is 0 Å². The Balaban J connectivity index is 0.000000308. The topological polar surface area (TPSA) is 52.6 Å². The third kappa shape index (κ3) is 7.67. The molecule has 6 rings (SSSR count). The van der Waals surface area contributed by atoms with Crippen molar-refractivity contribution in [2.45, 2.75) is 83.1 Å². The molecule has 5 aromatic rings. The molecule has 244 valence electrons.